The molecule has 0 saturated carbocycles. The highest BCUT2D eigenvalue weighted by Gasteiger charge is 2.18. The Kier molecular flexibility index (Phi) is 7.34. The first-order valence-corrected chi connectivity index (χ1v) is 10.8. The number of carbonyl (C=O) groups excluding carboxylic acids is 2. The summed E-state index contributed by atoms with van der Waals surface area (Å²) in [5.74, 6) is -0.738. The number of benzene rings is 2. The highest BCUT2D eigenvalue weighted by atomic mass is 32.2. The Bertz CT molecular complexity index is 935. The Balaban J connectivity index is 2.01. The molecule has 0 aliphatic carbocycles. The van der Waals surface area contributed by atoms with E-state index in [0.29, 0.717) is 23.7 Å². The van der Waals surface area contributed by atoms with Crippen LogP contribution in [0.4, 0.5) is 5.69 Å². The van der Waals surface area contributed by atoms with Crippen LogP contribution in [-0.2, 0) is 14.6 Å². The highest BCUT2D eigenvalue weighted by molar-refractivity contribution is 7.91. The van der Waals surface area contributed by atoms with Gasteiger partial charge in [0.1, 0.15) is 0 Å². The molecular weight excluding hydrogens is 376 g/mol. The van der Waals surface area contributed by atoms with Gasteiger partial charge >= 0.3 is 0 Å². The predicted molar refractivity (Wildman–Crippen MR) is 110 cm³/mol. The van der Waals surface area contributed by atoms with E-state index in [1.54, 1.807) is 36.4 Å². The minimum atomic E-state index is -3.55. The van der Waals surface area contributed by atoms with Crippen LogP contribution in [-0.4, -0.2) is 32.5 Å². The molecule has 0 aliphatic heterocycles. The van der Waals surface area contributed by atoms with Gasteiger partial charge in [0.05, 0.1) is 21.9 Å². The Labute approximate surface area is 166 Å². The monoisotopic (exact) mass is 402 g/mol. The SMILES string of the molecule is Cc1ccc(S(=O)(=O)CCC(=O)Nc2ccccc2C(=O)NCC(C)C)cc1. The third-order valence-corrected chi connectivity index (χ3v) is 5.83. The van der Waals surface area contributed by atoms with E-state index in [2.05, 4.69) is 10.6 Å². The van der Waals surface area contributed by atoms with Crippen molar-refractivity contribution in [1.29, 1.82) is 0 Å². The molecule has 0 spiro atoms. The minimum Gasteiger partial charge on any atom is -0.352 e. The van der Waals surface area contributed by atoms with Crippen molar-refractivity contribution in [2.24, 2.45) is 5.92 Å². The van der Waals surface area contributed by atoms with Crippen molar-refractivity contribution in [3.8, 4) is 0 Å². The summed E-state index contributed by atoms with van der Waals surface area (Å²) in [5, 5.41) is 5.46. The molecule has 0 aliphatic rings. The molecule has 0 saturated heterocycles. The summed E-state index contributed by atoms with van der Waals surface area (Å²) in [5.41, 5.74) is 1.67. The van der Waals surface area contributed by atoms with Gasteiger partial charge in [-0.25, -0.2) is 8.42 Å². The lowest BCUT2D eigenvalue weighted by Gasteiger charge is -2.12. The van der Waals surface area contributed by atoms with E-state index in [4.69, 9.17) is 0 Å². The maximum atomic E-state index is 12.4. The Hall–Kier alpha value is -2.67. The average Bonchev–Trinajstić information content (AvgIpc) is 2.65. The number of hydrogen-bond donors (Lipinski definition) is 2. The van der Waals surface area contributed by atoms with E-state index < -0.39 is 15.7 Å². The molecule has 150 valence electrons. The molecule has 2 amide bonds. The molecule has 28 heavy (non-hydrogen) atoms. The second-order valence-electron chi connectivity index (χ2n) is 7.08. The number of sulfone groups is 1. The van der Waals surface area contributed by atoms with Crippen molar-refractivity contribution in [1.82, 2.24) is 5.32 Å². The zero-order valence-corrected chi connectivity index (χ0v) is 17.2. The van der Waals surface area contributed by atoms with Crippen LogP contribution >= 0.6 is 0 Å². The van der Waals surface area contributed by atoms with Crippen molar-refractivity contribution in [3.05, 3.63) is 59.7 Å². The molecule has 0 fully saturated rings. The first kappa shape index (κ1) is 21.6. The van der Waals surface area contributed by atoms with Gasteiger partial charge in [0.15, 0.2) is 9.84 Å². The van der Waals surface area contributed by atoms with Crippen molar-refractivity contribution in [2.45, 2.75) is 32.1 Å². The molecule has 0 heterocycles. The summed E-state index contributed by atoms with van der Waals surface area (Å²) in [6.45, 7) is 6.37. The van der Waals surface area contributed by atoms with E-state index in [1.165, 1.54) is 12.1 Å². The van der Waals surface area contributed by atoms with Crippen molar-refractivity contribution in [3.63, 3.8) is 0 Å². The average molecular weight is 403 g/mol. The van der Waals surface area contributed by atoms with Crippen LogP contribution < -0.4 is 10.6 Å². The third kappa shape index (κ3) is 6.20. The van der Waals surface area contributed by atoms with Crippen LogP contribution in [0.2, 0.25) is 0 Å². The lowest BCUT2D eigenvalue weighted by molar-refractivity contribution is -0.115. The maximum Gasteiger partial charge on any atom is 0.253 e. The zero-order valence-electron chi connectivity index (χ0n) is 16.4. The van der Waals surface area contributed by atoms with E-state index >= 15 is 0 Å². The van der Waals surface area contributed by atoms with Gasteiger partial charge in [-0.15, -0.1) is 0 Å². The van der Waals surface area contributed by atoms with Crippen molar-refractivity contribution < 1.29 is 18.0 Å². The fourth-order valence-electron chi connectivity index (χ4n) is 2.49. The van der Waals surface area contributed by atoms with Gasteiger partial charge in [0.25, 0.3) is 5.91 Å². The number of carbonyl (C=O) groups is 2. The van der Waals surface area contributed by atoms with Crippen LogP contribution in [0.3, 0.4) is 0 Å². The Morgan fingerprint density at radius 3 is 2.29 bits per heavy atom. The molecule has 2 rings (SSSR count). The highest BCUT2D eigenvalue weighted by Crippen LogP contribution is 2.17. The zero-order chi connectivity index (χ0) is 20.7. The second kappa shape index (κ2) is 9.50. The quantitative estimate of drug-likeness (QED) is 0.709. The van der Waals surface area contributed by atoms with Crippen molar-refractivity contribution in [2.75, 3.05) is 17.6 Å². The summed E-state index contributed by atoms with van der Waals surface area (Å²) in [4.78, 5) is 24.8. The van der Waals surface area contributed by atoms with Gasteiger partial charge in [-0.1, -0.05) is 43.7 Å². The van der Waals surface area contributed by atoms with Gasteiger partial charge in [-0.3, -0.25) is 9.59 Å². The largest absolute Gasteiger partial charge is 0.352 e. The molecule has 2 aromatic carbocycles. The topological polar surface area (TPSA) is 92.3 Å². The molecule has 2 N–H and O–H groups in total. The fraction of sp³-hybridized carbons (Fsp3) is 0.333. The number of hydrogen-bond acceptors (Lipinski definition) is 4. The Morgan fingerprint density at radius 2 is 1.64 bits per heavy atom. The molecule has 7 heteroatoms. The number of rotatable bonds is 8. The number of aryl methyl sites for hydroxylation is 1. The van der Waals surface area contributed by atoms with Gasteiger partial charge < -0.3 is 10.6 Å². The number of para-hydroxylation sites is 1. The summed E-state index contributed by atoms with van der Waals surface area (Å²) < 4.78 is 24.8. The van der Waals surface area contributed by atoms with E-state index in [1.807, 2.05) is 20.8 Å². The van der Waals surface area contributed by atoms with E-state index in [9.17, 15) is 18.0 Å². The van der Waals surface area contributed by atoms with Gasteiger partial charge in [0.2, 0.25) is 5.91 Å². The van der Waals surface area contributed by atoms with Gasteiger partial charge in [0, 0.05) is 13.0 Å². The van der Waals surface area contributed by atoms with Crippen LogP contribution in [0.15, 0.2) is 53.4 Å². The first-order valence-electron chi connectivity index (χ1n) is 9.15. The molecular formula is C21H26N2O4S. The van der Waals surface area contributed by atoms with Crippen LogP contribution in [0, 0.1) is 12.8 Å². The van der Waals surface area contributed by atoms with Crippen LogP contribution in [0.25, 0.3) is 0 Å². The summed E-state index contributed by atoms with van der Waals surface area (Å²) in [7, 11) is -3.55. The summed E-state index contributed by atoms with van der Waals surface area (Å²) in [6, 6.07) is 13.2. The molecule has 0 aromatic heterocycles. The predicted octanol–water partition coefficient (Wildman–Crippen LogP) is 3.18. The Morgan fingerprint density at radius 1 is 1.00 bits per heavy atom. The minimum absolute atomic E-state index is 0.194. The van der Waals surface area contributed by atoms with Gasteiger partial charge in [-0.05, 0) is 37.1 Å². The lowest BCUT2D eigenvalue weighted by atomic mass is 10.1. The molecule has 6 nitrogen and oxygen atoms in total. The maximum absolute atomic E-state index is 12.4. The lowest BCUT2D eigenvalue weighted by Crippen LogP contribution is -2.28. The fourth-order valence-corrected chi connectivity index (χ4v) is 3.73. The molecule has 0 radical (unpaired) electrons. The van der Waals surface area contributed by atoms with Crippen LogP contribution in [0.1, 0.15) is 36.2 Å². The summed E-state index contributed by atoms with van der Waals surface area (Å²) >= 11 is 0. The summed E-state index contributed by atoms with van der Waals surface area (Å²) in [6.07, 6.45) is -0.196. The molecule has 0 bridgehead atoms. The van der Waals surface area contributed by atoms with E-state index in [-0.39, 0.29) is 23.0 Å². The molecule has 2 aromatic rings. The number of nitrogens with one attached hydrogen (secondary N) is 2. The first-order chi connectivity index (χ1) is 13.2. The smallest absolute Gasteiger partial charge is 0.253 e. The standard InChI is InChI=1S/C21H26N2O4S/c1-15(2)14-22-21(25)18-6-4-5-7-19(18)23-20(24)12-13-28(26,27)17-10-8-16(3)9-11-17/h4-11,15H,12-14H2,1-3H3,(H,22,25)(H,23,24). The number of amides is 2. The molecule has 0 atom stereocenters. The second-order valence-corrected chi connectivity index (χ2v) is 9.19. The number of anilines is 1. The van der Waals surface area contributed by atoms with Crippen molar-refractivity contribution >= 4 is 27.3 Å². The van der Waals surface area contributed by atoms with Crippen LogP contribution in [0.5, 0.6) is 0 Å². The molecule has 0 unspecified atom stereocenters. The van der Waals surface area contributed by atoms with E-state index in [0.717, 1.165) is 5.56 Å². The normalized spacial score (nSPS) is 11.3. The van der Waals surface area contributed by atoms with Gasteiger partial charge in [-0.2, -0.15) is 0 Å². The third-order valence-electron chi connectivity index (χ3n) is 4.09.